The van der Waals surface area contributed by atoms with E-state index in [9.17, 15) is 9.59 Å². The van der Waals surface area contributed by atoms with Crippen molar-refractivity contribution in [2.24, 2.45) is 5.92 Å². The molecule has 1 atom stereocenters. The third-order valence-electron chi connectivity index (χ3n) is 4.00. The van der Waals surface area contributed by atoms with Gasteiger partial charge in [-0.15, -0.1) is 0 Å². The molecule has 5 nitrogen and oxygen atoms in total. The molecule has 0 saturated carbocycles. The van der Waals surface area contributed by atoms with Gasteiger partial charge in [0.25, 0.3) is 0 Å². The molecule has 1 aliphatic heterocycles. The van der Waals surface area contributed by atoms with Gasteiger partial charge in [0.1, 0.15) is 0 Å². The van der Waals surface area contributed by atoms with Crippen LogP contribution < -0.4 is 5.32 Å². The number of hydrogen-bond acceptors (Lipinski definition) is 3. The summed E-state index contributed by atoms with van der Waals surface area (Å²) < 4.78 is 0. The molecule has 1 fully saturated rings. The zero-order chi connectivity index (χ0) is 16.2. The van der Waals surface area contributed by atoms with Crippen LogP contribution in [0.5, 0.6) is 0 Å². The van der Waals surface area contributed by atoms with Crippen LogP contribution in [0.2, 0.25) is 0 Å². The van der Waals surface area contributed by atoms with Gasteiger partial charge in [-0.25, -0.2) is 0 Å². The van der Waals surface area contributed by atoms with Crippen molar-refractivity contribution in [2.45, 2.75) is 52.1 Å². The van der Waals surface area contributed by atoms with Gasteiger partial charge in [0, 0.05) is 24.7 Å². The van der Waals surface area contributed by atoms with Crippen molar-refractivity contribution in [3.05, 3.63) is 30.1 Å². The molecule has 0 bridgehead atoms. The fourth-order valence-electron chi connectivity index (χ4n) is 2.91. The molecule has 1 aromatic rings. The number of amides is 2. The Hall–Kier alpha value is -1.91. The number of aromatic nitrogens is 1. The molecule has 0 radical (unpaired) electrons. The maximum absolute atomic E-state index is 12.4. The monoisotopic (exact) mass is 303 g/mol. The first-order valence-corrected chi connectivity index (χ1v) is 7.91. The first-order chi connectivity index (χ1) is 10.4. The molecule has 0 aliphatic carbocycles. The SMILES string of the molecule is CCCC(C)(C)NC(=O)[C@@H]1CC(=O)N(Cc2ccccn2)C1. The van der Waals surface area contributed by atoms with Gasteiger partial charge in [0.2, 0.25) is 11.8 Å². The number of likely N-dealkylation sites (tertiary alicyclic amines) is 1. The molecular weight excluding hydrogens is 278 g/mol. The van der Waals surface area contributed by atoms with Crippen molar-refractivity contribution in [2.75, 3.05) is 6.54 Å². The van der Waals surface area contributed by atoms with Crippen LogP contribution in [0.25, 0.3) is 0 Å². The highest BCUT2D eigenvalue weighted by Gasteiger charge is 2.36. The first-order valence-electron chi connectivity index (χ1n) is 7.91. The van der Waals surface area contributed by atoms with Crippen molar-refractivity contribution in [3.8, 4) is 0 Å². The van der Waals surface area contributed by atoms with Gasteiger partial charge in [-0.05, 0) is 32.4 Å². The van der Waals surface area contributed by atoms with Gasteiger partial charge in [-0.3, -0.25) is 14.6 Å². The van der Waals surface area contributed by atoms with E-state index < -0.39 is 0 Å². The van der Waals surface area contributed by atoms with Crippen molar-refractivity contribution in [1.82, 2.24) is 15.2 Å². The van der Waals surface area contributed by atoms with Crippen LogP contribution >= 0.6 is 0 Å². The van der Waals surface area contributed by atoms with E-state index in [0.717, 1.165) is 18.5 Å². The lowest BCUT2D eigenvalue weighted by molar-refractivity contribution is -0.129. The van der Waals surface area contributed by atoms with Gasteiger partial charge in [-0.2, -0.15) is 0 Å². The van der Waals surface area contributed by atoms with E-state index in [-0.39, 0.29) is 23.3 Å². The molecular formula is C17H25N3O2. The Kier molecular flexibility index (Phi) is 5.16. The normalized spacial score (nSPS) is 18.6. The molecule has 2 amide bonds. The molecule has 1 aromatic heterocycles. The van der Waals surface area contributed by atoms with E-state index in [1.54, 1.807) is 11.1 Å². The maximum Gasteiger partial charge on any atom is 0.225 e. The summed E-state index contributed by atoms with van der Waals surface area (Å²) in [5.41, 5.74) is 0.631. The highest BCUT2D eigenvalue weighted by Crippen LogP contribution is 2.21. The number of carbonyl (C=O) groups excluding carboxylic acids is 2. The molecule has 1 saturated heterocycles. The Balaban J connectivity index is 1.93. The van der Waals surface area contributed by atoms with Crippen molar-refractivity contribution < 1.29 is 9.59 Å². The quantitative estimate of drug-likeness (QED) is 0.875. The van der Waals surface area contributed by atoms with Crippen molar-refractivity contribution in [3.63, 3.8) is 0 Å². The van der Waals surface area contributed by atoms with Crippen LogP contribution in [0.3, 0.4) is 0 Å². The van der Waals surface area contributed by atoms with Gasteiger partial charge in [0.05, 0.1) is 18.2 Å². The predicted octanol–water partition coefficient (Wildman–Crippen LogP) is 2.12. The van der Waals surface area contributed by atoms with Gasteiger partial charge < -0.3 is 10.2 Å². The Bertz CT molecular complexity index is 528. The Morgan fingerprint density at radius 2 is 2.23 bits per heavy atom. The topological polar surface area (TPSA) is 62.3 Å². The Labute approximate surface area is 132 Å². The highest BCUT2D eigenvalue weighted by atomic mass is 16.2. The summed E-state index contributed by atoms with van der Waals surface area (Å²) in [4.78, 5) is 30.4. The summed E-state index contributed by atoms with van der Waals surface area (Å²) in [5, 5.41) is 3.07. The van der Waals surface area contributed by atoms with Crippen molar-refractivity contribution in [1.29, 1.82) is 0 Å². The Morgan fingerprint density at radius 1 is 1.45 bits per heavy atom. The third kappa shape index (κ3) is 4.29. The lowest BCUT2D eigenvalue weighted by atomic mass is 9.97. The van der Waals surface area contributed by atoms with Gasteiger partial charge in [0.15, 0.2) is 0 Å². The van der Waals surface area contributed by atoms with Crippen molar-refractivity contribution >= 4 is 11.8 Å². The summed E-state index contributed by atoms with van der Waals surface area (Å²) in [6, 6.07) is 5.65. The number of hydrogen-bond donors (Lipinski definition) is 1. The summed E-state index contributed by atoms with van der Waals surface area (Å²) >= 11 is 0. The summed E-state index contributed by atoms with van der Waals surface area (Å²) in [5.74, 6) is -0.248. The minimum Gasteiger partial charge on any atom is -0.351 e. The van der Waals surface area contributed by atoms with Crippen LogP contribution in [0.1, 0.15) is 45.7 Å². The van der Waals surface area contributed by atoms with E-state index in [2.05, 4.69) is 17.2 Å². The number of carbonyl (C=O) groups is 2. The lowest BCUT2D eigenvalue weighted by Gasteiger charge is -2.27. The second-order valence-electron chi connectivity index (χ2n) is 6.62. The zero-order valence-corrected chi connectivity index (χ0v) is 13.6. The fraction of sp³-hybridized carbons (Fsp3) is 0.588. The summed E-state index contributed by atoms with van der Waals surface area (Å²) in [6.07, 6.45) is 3.95. The smallest absolute Gasteiger partial charge is 0.225 e. The standard InChI is InChI=1S/C17H25N3O2/c1-4-8-17(2,3)19-16(22)13-10-15(21)20(11-13)12-14-7-5-6-9-18-14/h5-7,9,13H,4,8,10-12H2,1-3H3,(H,19,22)/t13-/m1/s1. The third-order valence-corrected chi connectivity index (χ3v) is 4.00. The van der Waals surface area contributed by atoms with Gasteiger partial charge in [-0.1, -0.05) is 19.4 Å². The lowest BCUT2D eigenvalue weighted by Crippen LogP contribution is -2.46. The van der Waals surface area contributed by atoms with E-state index in [1.807, 2.05) is 32.0 Å². The summed E-state index contributed by atoms with van der Waals surface area (Å²) in [7, 11) is 0. The second kappa shape index (κ2) is 6.90. The molecule has 1 aliphatic rings. The van der Waals surface area contributed by atoms with E-state index in [1.165, 1.54) is 0 Å². The first kappa shape index (κ1) is 16.5. The molecule has 2 rings (SSSR count). The van der Waals surface area contributed by atoms with E-state index in [4.69, 9.17) is 0 Å². The Morgan fingerprint density at radius 3 is 2.86 bits per heavy atom. The number of nitrogens with zero attached hydrogens (tertiary/aromatic N) is 2. The molecule has 5 heteroatoms. The minimum atomic E-state index is -0.257. The number of nitrogens with one attached hydrogen (secondary N) is 1. The van der Waals surface area contributed by atoms with E-state index >= 15 is 0 Å². The van der Waals surface area contributed by atoms with E-state index in [0.29, 0.717) is 19.5 Å². The van der Waals surface area contributed by atoms with Crippen LogP contribution in [-0.2, 0) is 16.1 Å². The van der Waals surface area contributed by atoms with Crippen LogP contribution in [0, 0.1) is 5.92 Å². The summed E-state index contributed by atoms with van der Waals surface area (Å²) in [6.45, 7) is 7.10. The highest BCUT2D eigenvalue weighted by molar-refractivity contribution is 5.89. The molecule has 0 unspecified atom stereocenters. The van der Waals surface area contributed by atoms with Gasteiger partial charge >= 0.3 is 0 Å². The molecule has 0 aromatic carbocycles. The number of pyridine rings is 1. The number of rotatable bonds is 6. The maximum atomic E-state index is 12.4. The van der Waals surface area contributed by atoms with Crippen LogP contribution in [0.15, 0.2) is 24.4 Å². The minimum absolute atomic E-state index is 0.0182. The van der Waals surface area contributed by atoms with Crippen LogP contribution in [0.4, 0.5) is 0 Å². The average molecular weight is 303 g/mol. The molecule has 0 spiro atoms. The zero-order valence-electron chi connectivity index (χ0n) is 13.6. The fourth-order valence-corrected chi connectivity index (χ4v) is 2.91. The molecule has 1 N–H and O–H groups in total. The van der Waals surface area contributed by atoms with Crippen LogP contribution in [-0.4, -0.2) is 33.8 Å². The molecule has 120 valence electrons. The average Bonchev–Trinajstić information content (AvgIpc) is 2.81. The predicted molar refractivity (Wildman–Crippen MR) is 84.9 cm³/mol. The second-order valence-corrected chi connectivity index (χ2v) is 6.62. The molecule has 22 heavy (non-hydrogen) atoms. The molecule has 2 heterocycles. The largest absolute Gasteiger partial charge is 0.351 e.